The Hall–Kier alpha value is -1.40. The molecule has 1 N–H and O–H groups in total. The third-order valence-corrected chi connectivity index (χ3v) is 3.64. The lowest BCUT2D eigenvalue weighted by Crippen LogP contribution is -2.14. The summed E-state index contributed by atoms with van der Waals surface area (Å²) in [6.45, 7) is 4.08. The van der Waals surface area contributed by atoms with Crippen LogP contribution in [-0.2, 0) is 13.6 Å². The van der Waals surface area contributed by atoms with Gasteiger partial charge in [-0.2, -0.15) is 0 Å². The Morgan fingerprint density at radius 2 is 2.17 bits per heavy atom. The highest BCUT2D eigenvalue weighted by Crippen LogP contribution is 2.27. The fourth-order valence-corrected chi connectivity index (χ4v) is 2.42. The number of nitrogens with one attached hydrogen (secondary N) is 1. The van der Waals surface area contributed by atoms with E-state index in [0.29, 0.717) is 0 Å². The molecular weight excluding hydrogens is 246 g/mol. The maximum absolute atomic E-state index is 3.99. The van der Waals surface area contributed by atoms with Crippen molar-refractivity contribution in [2.45, 2.75) is 29.9 Å². The van der Waals surface area contributed by atoms with Crippen LogP contribution >= 0.6 is 11.8 Å². The number of hydrogen-bond donors (Lipinski definition) is 1. The van der Waals surface area contributed by atoms with Crippen LogP contribution in [0, 0.1) is 0 Å². The van der Waals surface area contributed by atoms with E-state index in [-0.39, 0.29) is 0 Å². The van der Waals surface area contributed by atoms with Gasteiger partial charge < -0.3 is 5.32 Å². The number of tetrazole rings is 1. The predicted molar refractivity (Wildman–Crippen MR) is 71.4 cm³/mol. The van der Waals surface area contributed by atoms with Crippen molar-refractivity contribution < 1.29 is 0 Å². The van der Waals surface area contributed by atoms with Crippen molar-refractivity contribution in [1.82, 2.24) is 25.5 Å². The summed E-state index contributed by atoms with van der Waals surface area (Å²) in [4.78, 5) is 1.19. The van der Waals surface area contributed by atoms with E-state index in [1.54, 1.807) is 16.4 Å². The normalized spacial score (nSPS) is 10.8. The molecular formula is C12H17N5S. The minimum Gasteiger partial charge on any atom is -0.313 e. The summed E-state index contributed by atoms with van der Waals surface area (Å²) in [5, 5.41) is 15.7. The van der Waals surface area contributed by atoms with Crippen molar-refractivity contribution in [3.63, 3.8) is 0 Å². The summed E-state index contributed by atoms with van der Waals surface area (Å²) in [5.74, 6) is 0. The highest BCUT2D eigenvalue weighted by molar-refractivity contribution is 7.99. The molecule has 0 atom stereocenters. The molecule has 2 rings (SSSR count). The molecule has 1 heterocycles. The van der Waals surface area contributed by atoms with Crippen LogP contribution in [0.2, 0.25) is 0 Å². The number of aryl methyl sites for hydroxylation is 1. The fourth-order valence-electron chi connectivity index (χ4n) is 1.56. The topological polar surface area (TPSA) is 55.6 Å². The first-order valence-electron chi connectivity index (χ1n) is 6.00. The maximum Gasteiger partial charge on any atom is 0.213 e. The lowest BCUT2D eigenvalue weighted by Gasteiger charge is -2.08. The minimum atomic E-state index is 0.804. The molecule has 0 amide bonds. The van der Waals surface area contributed by atoms with E-state index in [4.69, 9.17) is 0 Å². The summed E-state index contributed by atoms with van der Waals surface area (Å²) < 4.78 is 1.68. The summed E-state index contributed by atoms with van der Waals surface area (Å²) >= 11 is 1.59. The summed E-state index contributed by atoms with van der Waals surface area (Å²) in [6, 6.07) is 8.33. The van der Waals surface area contributed by atoms with E-state index in [1.807, 2.05) is 13.1 Å². The molecule has 0 aliphatic heterocycles. The van der Waals surface area contributed by atoms with Gasteiger partial charge in [-0.05, 0) is 46.8 Å². The number of benzene rings is 1. The Kier molecular flexibility index (Phi) is 4.72. The first-order chi connectivity index (χ1) is 8.81. The van der Waals surface area contributed by atoms with Gasteiger partial charge in [-0.3, -0.25) is 0 Å². The lowest BCUT2D eigenvalue weighted by molar-refractivity contribution is 0.661. The molecule has 0 aliphatic rings. The first-order valence-corrected chi connectivity index (χ1v) is 6.81. The Morgan fingerprint density at radius 3 is 2.89 bits per heavy atom. The van der Waals surface area contributed by atoms with Crippen LogP contribution in [0.5, 0.6) is 0 Å². The molecule has 0 spiro atoms. The van der Waals surface area contributed by atoms with Crippen molar-refractivity contribution in [3.8, 4) is 0 Å². The van der Waals surface area contributed by atoms with Crippen LogP contribution < -0.4 is 5.32 Å². The Labute approximate surface area is 111 Å². The zero-order chi connectivity index (χ0) is 12.8. The Bertz CT molecular complexity index is 497. The van der Waals surface area contributed by atoms with Gasteiger partial charge in [-0.15, -0.1) is 5.10 Å². The molecule has 0 aliphatic carbocycles. The molecule has 0 bridgehead atoms. The van der Waals surface area contributed by atoms with E-state index in [9.17, 15) is 0 Å². The van der Waals surface area contributed by atoms with Gasteiger partial charge in [-0.25, -0.2) is 4.68 Å². The second kappa shape index (κ2) is 6.51. The Balaban J connectivity index is 2.10. The van der Waals surface area contributed by atoms with Crippen molar-refractivity contribution in [2.24, 2.45) is 7.05 Å². The fraction of sp³-hybridized carbons (Fsp3) is 0.417. The van der Waals surface area contributed by atoms with Gasteiger partial charge in [0.2, 0.25) is 5.16 Å². The van der Waals surface area contributed by atoms with Crippen molar-refractivity contribution >= 4 is 11.8 Å². The molecule has 6 heteroatoms. The molecule has 5 nitrogen and oxygen atoms in total. The third kappa shape index (κ3) is 3.30. The number of aromatic nitrogens is 4. The van der Waals surface area contributed by atoms with Crippen LogP contribution in [0.3, 0.4) is 0 Å². The highest BCUT2D eigenvalue weighted by atomic mass is 32.2. The average Bonchev–Trinajstić information content (AvgIpc) is 2.78. The number of hydrogen-bond acceptors (Lipinski definition) is 5. The molecule has 2 aromatic rings. The SMILES string of the molecule is CCCNCc1ccccc1Sc1nnnn1C. The van der Waals surface area contributed by atoms with Gasteiger partial charge in [0.1, 0.15) is 0 Å². The van der Waals surface area contributed by atoms with Crippen LogP contribution in [0.1, 0.15) is 18.9 Å². The monoisotopic (exact) mass is 263 g/mol. The standard InChI is InChI=1S/C12H17N5S/c1-3-8-13-9-10-6-4-5-7-11(10)18-12-14-15-16-17(12)2/h4-7,13H,3,8-9H2,1-2H3. The number of rotatable bonds is 6. The molecule has 96 valence electrons. The zero-order valence-electron chi connectivity index (χ0n) is 10.6. The van der Waals surface area contributed by atoms with E-state index in [0.717, 1.165) is 24.7 Å². The summed E-state index contributed by atoms with van der Waals surface area (Å²) in [7, 11) is 1.85. The lowest BCUT2D eigenvalue weighted by atomic mass is 10.2. The van der Waals surface area contributed by atoms with Crippen molar-refractivity contribution in [2.75, 3.05) is 6.54 Å². The van der Waals surface area contributed by atoms with Gasteiger partial charge in [0.25, 0.3) is 0 Å². The predicted octanol–water partition coefficient (Wildman–Crippen LogP) is 1.86. The zero-order valence-corrected chi connectivity index (χ0v) is 11.4. The maximum atomic E-state index is 3.99. The van der Waals surface area contributed by atoms with E-state index >= 15 is 0 Å². The summed E-state index contributed by atoms with van der Waals surface area (Å²) in [6.07, 6.45) is 1.14. The van der Waals surface area contributed by atoms with Gasteiger partial charge in [-0.1, -0.05) is 25.1 Å². The van der Waals surface area contributed by atoms with Gasteiger partial charge in [0.05, 0.1) is 0 Å². The minimum absolute atomic E-state index is 0.804. The summed E-state index contributed by atoms with van der Waals surface area (Å²) in [5.41, 5.74) is 1.28. The van der Waals surface area contributed by atoms with E-state index in [2.05, 4.69) is 46.0 Å². The van der Waals surface area contributed by atoms with Crippen molar-refractivity contribution in [3.05, 3.63) is 29.8 Å². The Morgan fingerprint density at radius 1 is 1.33 bits per heavy atom. The number of nitrogens with zero attached hydrogens (tertiary/aromatic N) is 4. The van der Waals surface area contributed by atoms with Crippen LogP contribution in [-0.4, -0.2) is 26.8 Å². The van der Waals surface area contributed by atoms with E-state index < -0.39 is 0 Å². The molecule has 0 fully saturated rings. The average molecular weight is 263 g/mol. The highest BCUT2D eigenvalue weighted by Gasteiger charge is 2.08. The van der Waals surface area contributed by atoms with Gasteiger partial charge >= 0.3 is 0 Å². The van der Waals surface area contributed by atoms with Crippen molar-refractivity contribution in [1.29, 1.82) is 0 Å². The van der Waals surface area contributed by atoms with Crippen LogP contribution in [0.4, 0.5) is 0 Å². The third-order valence-electron chi connectivity index (χ3n) is 2.50. The van der Waals surface area contributed by atoms with Crippen LogP contribution in [0.15, 0.2) is 34.3 Å². The smallest absolute Gasteiger partial charge is 0.213 e. The molecule has 0 saturated carbocycles. The molecule has 0 saturated heterocycles. The first kappa shape index (κ1) is 13.0. The molecule has 0 radical (unpaired) electrons. The second-order valence-electron chi connectivity index (χ2n) is 3.97. The largest absolute Gasteiger partial charge is 0.313 e. The molecule has 1 aromatic heterocycles. The van der Waals surface area contributed by atoms with Gasteiger partial charge in [0.15, 0.2) is 0 Å². The van der Waals surface area contributed by atoms with Gasteiger partial charge in [0, 0.05) is 18.5 Å². The van der Waals surface area contributed by atoms with Crippen LogP contribution in [0.25, 0.3) is 0 Å². The molecule has 0 unspecified atom stereocenters. The van der Waals surface area contributed by atoms with E-state index in [1.165, 1.54) is 10.5 Å². The quantitative estimate of drug-likeness (QED) is 0.806. The molecule has 1 aromatic carbocycles. The molecule has 18 heavy (non-hydrogen) atoms. The second-order valence-corrected chi connectivity index (χ2v) is 4.98.